The van der Waals surface area contributed by atoms with Crippen molar-refractivity contribution in [2.24, 2.45) is 0 Å². The first kappa shape index (κ1) is 13.1. The normalized spacial score (nSPS) is 21.0. The lowest BCUT2D eigenvalue weighted by Gasteiger charge is -2.37. The summed E-state index contributed by atoms with van der Waals surface area (Å²) in [6, 6.07) is 2.65. The highest BCUT2D eigenvalue weighted by Gasteiger charge is 2.25. The summed E-state index contributed by atoms with van der Waals surface area (Å²) >= 11 is 0. The number of benzene rings is 1. The van der Waals surface area contributed by atoms with Crippen LogP contribution in [0.4, 0.5) is 20.2 Å². The van der Waals surface area contributed by atoms with Gasteiger partial charge in [0.05, 0.1) is 11.4 Å². The Morgan fingerprint density at radius 2 is 2.11 bits per heavy atom. The topological polar surface area (TPSA) is 32.5 Å². The van der Waals surface area contributed by atoms with Gasteiger partial charge in [0.15, 0.2) is 11.6 Å². The van der Waals surface area contributed by atoms with E-state index in [1.54, 1.807) is 11.9 Å². The third kappa shape index (κ3) is 2.41. The van der Waals surface area contributed by atoms with Crippen LogP contribution < -0.4 is 10.6 Å². The number of halogens is 2. The Morgan fingerprint density at radius 1 is 1.39 bits per heavy atom. The molecule has 0 radical (unpaired) electrons. The summed E-state index contributed by atoms with van der Waals surface area (Å²) in [5.41, 5.74) is 6.23. The highest BCUT2D eigenvalue weighted by atomic mass is 19.2. The number of likely N-dealkylation sites (tertiary alicyclic amines) is 1. The van der Waals surface area contributed by atoms with Crippen LogP contribution in [-0.2, 0) is 0 Å². The van der Waals surface area contributed by atoms with Crippen molar-refractivity contribution in [2.45, 2.75) is 18.9 Å². The summed E-state index contributed by atoms with van der Waals surface area (Å²) in [5, 5.41) is 0. The minimum absolute atomic E-state index is 0.169. The summed E-state index contributed by atoms with van der Waals surface area (Å²) in [5.74, 6) is -1.71. The number of piperidine rings is 1. The molecule has 1 aliphatic rings. The molecule has 0 amide bonds. The molecule has 1 aromatic carbocycles. The van der Waals surface area contributed by atoms with Crippen molar-refractivity contribution in [3.05, 3.63) is 23.8 Å². The number of nitrogens with zero attached hydrogens (tertiary/aromatic N) is 2. The van der Waals surface area contributed by atoms with Crippen molar-refractivity contribution in [1.29, 1.82) is 0 Å². The van der Waals surface area contributed by atoms with Crippen LogP contribution in [-0.4, -0.2) is 38.1 Å². The second kappa shape index (κ2) is 5.10. The summed E-state index contributed by atoms with van der Waals surface area (Å²) in [4.78, 5) is 3.96. The SMILES string of the molecule is CN1CCCC(N(C)c2c(N)ccc(F)c2F)C1. The van der Waals surface area contributed by atoms with Crippen molar-refractivity contribution in [3.63, 3.8) is 0 Å². The second-order valence-electron chi connectivity index (χ2n) is 4.97. The van der Waals surface area contributed by atoms with Crippen LogP contribution in [0.1, 0.15) is 12.8 Å². The van der Waals surface area contributed by atoms with Crippen molar-refractivity contribution < 1.29 is 8.78 Å². The standard InChI is InChI=1S/C13H19F2N3/c1-17-7-3-4-9(8-17)18(2)13-11(16)6-5-10(14)12(13)15/h5-6,9H,3-4,7-8,16H2,1-2H3. The first-order valence-corrected chi connectivity index (χ1v) is 6.15. The fraction of sp³-hybridized carbons (Fsp3) is 0.538. The number of rotatable bonds is 2. The van der Waals surface area contributed by atoms with Crippen molar-refractivity contribution in [3.8, 4) is 0 Å². The molecule has 1 unspecified atom stereocenters. The highest BCUT2D eigenvalue weighted by molar-refractivity contribution is 5.68. The largest absolute Gasteiger partial charge is 0.397 e. The molecule has 1 aromatic rings. The van der Waals surface area contributed by atoms with Crippen molar-refractivity contribution in [1.82, 2.24) is 4.90 Å². The van der Waals surface area contributed by atoms with Gasteiger partial charge in [-0.3, -0.25) is 0 Å². The Labute approximate surface area is 106 Å². The first-order valence-electron chi connectivity index (χ1n) is 6.15. The molecule has 0 aliphatic carbocycles. The predicted octanol–water partition coefficient (Wildman–Crippen LogP) is 2.08. The molecule has 1 saturated heterocycles. The number of anilines is 2. The molecule has 2 rings (SSSR count). The lowest BCUT2D eigenvalue weighted by Crippen LogP contribution is -2.45. The molecule has 5 heteroatoms. The summed E-state index contributed by atoms with van der Waals surface area (Å²) in [6.07, 6.45) is 2.03. The van der Waals surface area contributed by atoms with Gasteiger partial charge in [-0.05, 0) is 38.6 Å². The molecular formula is C13H19F2N3. The van der Waals surface area contributed by atoms with Gasteiger partial charge in [0, 0.05) is 19.6 Å². The monoisotopic (exact) mass is 255 g/mol. The summed E-state index contributed by atoms with van der Waals surface area (Å²) in [6.45, 7) is 1.89. The molecule has 1 aliphatic heterocycles. The van der Waals surface area contributed by atoms with Gasteiger partial charge in [-0.15, -0.1) is 0 Å². The van der Waals surface area contributed by atoms with Crippen LogP contribution >= 0.6 is 0 Å². The van der Waals surface area contributed by atoms with Crippen molar-refractivity contribution >= 4 is 11.4 Å². The van der Waals surface area contributed by atoms with Gasteiger partial charge in [0.25, 0.3) is 0 Å². The lowest BCUT2D eigenvalue weighted by molar-refractivity contribution is 0.247. The zero-order valence-corrected chi connectivity index (χ0v) is 10.8. The third-order valence-corrected chi connectivity index (χ3v) is 3.60. The molecule has 1 heterocycles. The van der Waals surface area contributed by atoms with E-state index in [9.17, 15) is 8.78 Å². The molecule has 3 nitrogen and oxygen atoms in total. The molecule has 1 fully saturated rings. The number of hydrogen-bond donors (Lipinski definition) is 1. The molecule has 18 heavy (non-hydrogen) atoms. The van der Waals surface area contributed by atoms with Gasteiger partial charge >= 0.3 is 0 Å². The quantitative estimate of drug-likeness (QED) is 0.821. The Balaban J connectivity index is 2.28. The predicted molar refractivity (Wildman–Crippen MR) is 69.7 cm³/mol. The minimum atomic E-state index is -0.856. The van der Waals surface area contributed by atoms with Crippen LogP contribution in [0.5, 0.6) is 0 Å². The van der Waals surface area contributed by atoms with Crippen molar-refractivity contribution in [2.75, 3.05) is 37.8 Å². The molecule has 0 saturated carbocycles. The summed E-state index contributed by atoms with van der Waals surface area (Å²) < 4.78 is 27.2. The average Bonchev–Trinajstić information content (AvgIpc) is 2.34. The van der Waals surface area contributed by atoms with Gasteiger partial charge in [-0.1, -0.05) is 0 Å². The molecule has 0 spiro atoms. The van der Waals surface area contributed by atoms with Crippen LogP contribution in [0, 0.1) is 11.6 Å². The third-order valence-electron chi connectivity index (χ3n) is 3.60. The van der Waals surface area contributed by atoms with Gasteiger partial charge in [-0.2, -0.15) is 0 Å². The van der Waals surface area contributed by atoms with E-state index in [4.69, 9.17) is 5.73 Å². The molecule has 0 bridgehead atoms. The number of nitrogen functional groups attached to an aromatic ring is 1. The smallest absolute Gasteiger partial charge is 0.184 e. The van der Waals surface area contributed by atoms with E-state index in [0.29, 0.717) is 0 Å². The second-order valence-corrected chi connectivity index (χ2v) is 4.97. The van der Waals surface area contributed by atoms with E-state index in [1.165, 1.54) is 6.07 Å². The van der Waals surface area contributed by atoms with Crippen LogP contribution in [0.15, 0.2) is 12.1 Å². The molecule has 0 aromatic heterocycles. The fourth-order valence-corrected chi connectivity index (χ4v) is 2.55. The Hall–Kier alpha value is -1.36. The number of likely N-dealkylation sites (N-methyl/N-ethyl adjacent to an activating group) is 2. The van der Waals surface area contributed by atoms with Gasteiger partial charge in [0.2, 0.25) is 0 Å². The maximum Gasteiger partial charge on any atom is 0.184 e. The lowest BCUT2D eigenvalue weighted by atomic mass is 10.0. The van der Waals surface area contributed by atoms with E-state index < -0.39 is 11.6 Å². The van der Waals surface area contributed by atoms with Gasteiger partial charge < -0.3 is 15.5 Å². The molecule has 2 N–H and O–H groups in total. The molecule has 1 atom stereocenters. The first-order chi connectivity index (χ1) is 8.50. The average molecular weight is 255 g/mol. The van der Waals surface area contributed by atoms with E-state index in [2.05, 4.69) is 4.90 Å². The van der Waals surface area contributed by atoms with E-state index >= 15 is 0 Å². The zero-order valence-electron chi connectivity index (χ0n) is 10.8. The van der Waals surface area contributed by atoms with E-state index in [1.807, 2.05) is 7.05 Å². The van der Waals surface area contributed by atoms with Crippen LogP contribution in [0.25, 0.3) is 0 Å². The van der Waals surface area contributed by atoms with Gasteiger partial charge in [0.1, 0.15) is 0 Å². The number of hydrogen-bond acceptors (Lipinski definition) is 3. The van der Waals surface area contributed by atoms with E-state index in [-0.39, 0.29) is 17.4 Å². The minimum Gasteiger partial charge on any atom is -0.397 e. The maximum absolute atomic E-state index is 13.9. The van der Waals surface area contributed by atoms with E-state index in [0.717, 1.165) is 32.0 Å². The number of nitrogens with two attached hydrogens (primary N) is 1. The summed E-state index contributed by atoms with van der Waals surface area (Å²) in [7, 11) is 3.81. The maximum atomic E-state index is 13.9. The highest BCUT2D eigenvalue weighted by Crippen LogP contribution is 2.30. The van der Waals surface area contributed by atoms with Crippen LogP contribution in [0.3, 0.4) is 0 Å². The molecule has 100 valence electrons. The molecular weight excluding hydrogens is 236 g/mol. The fourth-order valence-electron chi connectivity index (χ4n) is 2.55. The Morgan fingerprint density at radius 3 is 2.78 bits per heavy atom. The van der Waals surface area contributed by atoms with Gasteiger partial charge in [-0.25, -0.2) is 8.78 Å². The zero-order chi connectivity index (χ0) is 13.3. The Bertz CT molecular complexity index is 436. The Kier molecular flexibility index (Phi) is 3.71. The van der Waals surface area contributed by atoms with Crippen LogP contribution in [0.2, 0.25) is 0 Å².